The number of carboxylic acid groups (broad SMARTS) is 1. The van der Waals surface area contributed by atoms with Gasteiger partial charge in [0.1, 0.15) is 23.9 Å². The Kier molecular flexibility index (Phi) is 12.0. The normalized spacial score (nSPS) is 13.0. The van der Waals surface area contributed by atoms with Gasteiger partial charge in [-0.3, -0.25) is 9.59 Å². The summed E-state index contributed by atoms with van der Waals surface area (Å²) in [6.07, 6.45) is -3.92. The molecule has 0 fully saturated rings. The van der Waals surface area contributed by atoms with Gasteiger partial charge < -0.3 is 29.4 Å². The average molecular weight is 524 g/mol. The number of hydrogen-bond acceptors (Lipinski definition) is 9. The highest BCUT2D eigenvalue weighted by Gasteiger charge is 2.31. The summed E-state index contributed by atoms with van der Waals surface area (Å²) >= 11 is 0. The van der Waals surface area contributed by atoms with Crippen LogP contribution in [0.4, 0.5) is 4.79 Å². The van der Waals surface area contributed by atoms with Gasteiger partial charge in [0.25, 0.3) is 0 Å². The second-order valence-electron chi connectivity index (χ2n) is 10.3. The number of hydrogen-bond donors (Lipinski definition) is 2. The van der Waals surface area contributed by atoms with E-state index < -0.39 is 53.3 Å². The Hall–Kier alpha value is -3.63. The number of aliphatic carboxylic acids is 1. The van der Waals surface area contributed by atoms with Gasteiger partial charge in [0.2, 0.25) is 6.10 Å². The van der Waals surface area contributed by atoms with Crippen LogP contribution in [0.1, 0.15) is 72.8 Å². The van der Waals surface area contributed by atoms with Crippen molar-refractivity contribution in [1.29, 1.82) is 0 Å². The molecule has 2 N–H and O–H groups in total. The third-order valence-corrected chi connectivity index (χ3v) is 4.42. The van der Waals surface area contributed by atoms with Crippen molar-refractivity contribution in [2.24, 2.45) is 0 Å². The van der Waals surface area contributed by atoms with Gasteiger partial charge in [-0.15, -0.1) is 0 Å². The van der Waals surface area contributed by atoms with Crippen LogP contribution in [0.25, 0.3) is 0 Å². The summed E-state index contributed by atoms with van der Waals surface area (Å²) < 4.78 is 20.5. The van der Waals surface area contributed by atoms with Crippen LogP contribution < -0.4 is 5.32 Å². The minimum Gasteiger partial charge on any atom is -0.479 e. The minimum absolute atomic E-state index is 0.0218. The van der Waals surface area contributed by atoms with E-state index in [0.717, 1.165) is 5.56 Å². The maximum absolute atomic E-state index is 12.6. The maximum Gasteiger partial charge on any atom is 0.408 e. The molecule has 11 heteroatoms. The van der Waals surface area contributed by atoms with Crippen LogP contribution in [-0.2, 0) is 44.7 Å². The summed E-state index contributed by atoms with van der Waals surface area (Å²) in [7, 11) is 0. The molecule has 0 bridgehead atoms. The highest BCUT2D eigenvalue weighted by molar-refractivity contribution is 5.84. The number of esters is 3. The minimum atomic E-state index is -1.67. The molecule has 0 saturated heterocycles. The number of carboxylic acids is 1. The number of alkyl carbamates (subject to hydrolysis) is 1. The fraction of sp³-hybridized carbons (Fsp3) is 0.577. The molecular formula is C26H37NO10. The van der Waals surface area contributed by atoms with Gasteiger partial charge in [0.15, 0.2) is 0 Å². The summed E-state index contributed by atoms with van der Waals surface area (Å²) in [5.74, 6) is -3.56. The molecule has 0 spiro atoms. The Labute approximate surface area is 216 Å². The van der Waals surface area contributed by atoms with Crippen molar-refractivity contribution < 1.29 is 48.0 Å². The van der Waals surface area contributed by atoms with E-state index >= 15 is 0 Å². The number of carbonyl (C=O) groups excluding carboxylic acids is 4. The molecule has 0 aliphatic carbocycles. The lowest BCUT2D eigenvalue weighted by Gasteiger charge is -2.25. The van der Waals surface area contributed by atoms with Gasteiger partial charge in [0.05, 0.1) is 0 Å². The first-order chi connectivity index (χ1) is 17.1. The fourth-order valence-electron chi connectivity index (χ4n) is 2.87. The third kappa shape index (κ3) is 14.5. The van der Waals surface area contributed by atoms with Crippen molar-refractivity contribution in [3.05, 3.63) is 35.9 Å². The van der Waals surface area contributed by atoms with Gasteiger partial charge in [-0.2, -0.15) is 0 Å². The Bertz CT molecular complexity index is 931. The summed E-state index contributed by atoms with van der Waals surface area (Å²) in [5.41, 5.74) is -0.848. The predicted molar refractivity (Wildman–Crippen MR) is 131 cm³/mol. The molecule has 0 aromatic heterocycles. The molecule has 0 aliphatic heterocycles. The van der Waals surface area contributed by atoms with Crippen LogP contribution in [-0.4, -0.2) is 58.4 Å². The van der Waals surface area contributed by atoms with Crippen LogP contribution in [0, 0.1) is 0 Å². The van der Waals surface area contributed by atoms with Gasteiger partial charge in [0, 0.05) is 19.3 Å². The monoisotopic (exact) mass is 523 g/mol. The molecule has 1 aromatic carbocycles. The number of ether oxygens (including phenoxy) is 4. The maximum atomic E-state index is 12.6. The van der Waals surface area contributed by atoms with Crippen LogP contribution in [0.5, 0.6) is 0 Å². The smallest absolute Gasteiger partial charge is 0.408 e. The van der Waals surface area contributed by atoms with Gasteiger partial charge >= 0.3 is 30.0 Å². The first kappa shape index (κ1) is 31.4. The molecule has 1 aromatic rings. The molecule has 1 amide bonds. The summed E-state index contributed by atoms with van der Waals surface area (Å²) in [6.45, 7) is 9.98. The Morgan fingerprint density at radius 3 is 1.95 bits per heavy atom. The lowest BCUT2D eigenvalue weighted by Crippen LogP contribution is -2.46. The number of nitrogens with one attached hydrogen (secondary N) is 1. The van der Waals surface area contributed by atoms with E-state index in [4.69, 9.17) is 18.9 Å². The zero-order chi connectivity index (χ0) is 28.2. The molecule has 2 atom stereocenters. The van der Waals surface area contributed by atoms with Crippen molar-refractivity contribution in [2.75, 3.05) is 0 Å². The van der Waals surface area contributed by atoms with E-state index in [1.807, 2.05) is 6.07 Å². The zero-order valence-electron chi connectivity index (χ0n) is 22.2. The van der Waals surface area contributed by atoms with Gasteiger partial charge in [-0.25, -0.2) is 14.4 Å². The number of amides is 1. The molecule has 0 saturated carbocycles. The van der Waals surface area contributed by atoms with Crippen molar-refractivity contribution in [3.8, 4) is 0 Å². The molecular weight excluding hydrogens is 486 g/mol. The second-order valence-corrected chi connectivity index (χ2v) is 10.3. The van der Waals surface area contributed by atoms with E-state index in [2.05, 4.69) is 5.32 Å². The summed E-state index contributed by atoms with van der Waals surface area (Å²) in [4.78, 5) is 60.7. The Morgan fingerprint density at radius 1 is 0.838 bits per heavy atom. The third-order valence-electron chi connectivity index (χ3n) is 4.42. The molecule has 0 aliphatic rings. The summed E-state index contributed by atoms with van der Waals surface area (Å²) in [6, 6.07) is 7.62. The second kappa shape index (κ2) is 14.2. The lowest BCUT2D eigenvalue weighted by molar-refractivity contribution is -0.158. The largest absolute Gasteiger partial charge is 0.479 e. The summed E-state index contributed by atoms with van der Waals surface area (Å²) in [5, 5.41) is 11.7. The SMILES string of the molecule is CC(C)(C)OC(=O)CCC(NC(=O)OC(CCC(=O)OCc1ccccc1)C(=O)O)C(=O)OC(C)(C)C. The van der Waals surface area contributed by atoms with Crippen molar-refractivity contribution >= 4 is 30.0 Å². The molecule has 0 radical (unpaired) electrons. The predicted octanol–water partition coefficient (Wildman–Crippen LogP) is 3.52. The topological polar surface area (TPSA) is 155 Å². The average Bonchev–Trinajstić information content (AvgIpc) is 2.76. The lowest BCUT2D eigenvalue weighted by atomic mass is 10.1. The van der Waals surface area contributed by atoms with Crippen molar-refractivity contribution in [2.45, 2.75) is 97.2 Å². The van der Waals surface area contributed by atoms with Crippen LogP contribution in [0.2, 0.25) is 0 Å². The molecule has 2 unspecified atom stereocenters. The first-order valence-corrected chi connectivity index (χ1v) is 11.9. The Balaban J connectivity index is 2.71. The van der Waals surface area contributed by atoms with Gasteiger partial charge in [-0.05, 0) is 53.5 Å². The Morgan fingerprint density at radius 2 is 1.41 bits per heavy atom. The molecule has 37 heavy (non-hydrogen) atoms. The van der Waals surface area contributed by atoms with E-state index in [1.165, 1.54) is 0 Å². The van der Waals surface area contributed by atoms with Crippen LogP contribution >= 0.6 is 0 Å². The van der Waals surface area contributed by atoms with Crippen molar-refractivity contribution in [3.63, 3.8) is 0 Å². The van der Waals surface area contributed by atoms with E-state index in [-0.39, 0.29) is 32.3 Å². The van der Waals surface area contributed by atoms with E-state index in [0.29, 0.717) is 0 Å². The van der Waals surface area contributed by atoms with Crippen LogP contribution in [0.3, 0.4) is 0 Å². The highest BCUT2D eigenvalue weighted by Crippen LogP contribution is 2.14. The van der Waals surface area contributed by atoms with Gasteiger partial charge in [-0.1, -0.05) is 30.3 Å². The zero-order valence-corrected chi connectivity index (χ0v) is 22.2. The highest BCUT2D eigenvalue weighted by atomic mass is 16.6. The molecule has 11 nitrogen and oxygen atoms in total. The molecule has 1 rings (SSSR count). The number of carbonyl (C=O) groups is 5. The quantitative estimate of drug-likeness (QED) is 0.307. The molecule has 206 valence electrons. The number of benzene rings is 1. The van der Waals surface area contributed by atoms with Crippen molar-refractivity contribution in [1.82, 2.24) is 5.32 Å². The molecule has 0 heterocycles. The first-order valence-electron chi connectivity index (χ1n) is 11.9. The van der Waals surface area contributed by atoms with E-state index in [1.54, 1.807) is 65.8 Å². The van der Waals surface area contributed by atoms with Crippen LogP contribution in [0.15, 0.2) is 30.3 Å². The van der Waals surface area contributed by atoms with E-state index in [9.17, 15) is 29.1 Å². The fourth-order valence-corrected chi connectivity index (χ4v) is 2.87. The number of rotatable bonds is 12. The standard InChI is InChI=1S/C26H37NO10/c1-25(2,3)36-21(29)14-12-18(23(32)37-26(4,5)6)27-24(33)35-19(22(30)31)13-15-20(28)34-16-17-10-8-7-9-11-17/h7-11,18-19H,12-16H2,1-6H3,(H,27,33)(H,30,31).